The van der Waals surface area contributed by atoms with E-state index in [0.717, 1.165) is 50.9 Å². The molecule has 1 aromatic carbocycles. The Hall–Kier alpha value is -3.96. The zero-order valence-corrected chi connectivity index (χ0v) is 43.4. The van der Waals surface area contributed by atoms with Gasteiger partial charge in [0.2, 0.25) is 5.91 Å². The molecule has 12 nitrogen and oxygen atoms in total. The van der Waals surface area contributed by atoms with Gasteiger partial charge < -0.3 is 32.1 Å². The molecule has 4 unspecified atom stereocenters. The number of rotatable bonds is 14. The van der Waals surface area contributed by atoms with Crippen LogP contribution in [0.4, 0.5) is 5.00 Å². The molecule has 0 saturated heterocycles. The van der Waals surface area contributed by atoms with E-state index in [1.54, 1.807) is 41.2 Å². The van der Waals surface area contributed by atoms with Gasteiger partial charge in [0.15, 0.2) is 0 Å². The van der Waals surface area contributed by atoms with Crippen molar-refractivity contribution in [3.8, 4) is 0 Å². The molecule has 0 fully saturated rings. The van der Waals surface area contributed by atoms with Gasteiger partial charge in [0.25, 0.3) is 5.91 Å². The molecule has 4 heterocycles. The van der Waals surface area contributed by atoms with Crippen molar-refractivity contribution in [1.29, 1.82) is 0 Å². The van der Waals surface area contributed by atoms with E-state index in [-0.39, 0.29) is 42.0 Å². The van der Waals surface area contributed by atoms with Crippen LogP contribution in [0.3, 0.4) is 0 Å². The minimum absolute atomic E-state index is 0.0295. The van der Waals surface area contributed by atoms with Crippen molar-refractivity contribution in [2.75, 3.05) is 31.6 Å². The third kappa shape index (κ3) is 17.3. The first-order valence-electron chi connectivity index (χ1n) is 22.5. The average Bonchev–Trinajstić information content (AvgIpc) is 3.89. The number of nitrogens with one attached hydrogen (secondary N) is 2. The predicted molar refractivity (Wildman–Crippen MR) is 279 cm³/mol. The minimum Gasteiger partial charge on any atom is -0.396 e. The van der Waals surface area contributed by atoms with Crippen LogP contribution in [0.5, 0.6) is 0 Å². The number of thiophene rings is 1. The molecule has 5 atom stereocenters. The smallest absolute Gasteiger partial charge is 0.252 e. The summed E-state index contributed by atoms with van der Waals surface area (Å²) in [4.78, 5) is 54.2. The molecule has 6 rings (SSSR count). The molecule has 0 spiro atoms. The molecular weight excluding hydrogens is 896 g/mol. The molecule has 0 radical (unpaired) electrons. The summed E-state index contributed by atoms with van der Waals surface area (Å²) in [5, 5.41) is 18.8. The second-order valence-electron chi connectivity index (χ2n) is 16.2. The average molecular weight is 970 g/mol. The van der Waals surface area contributed by atoms with Gasteiger partial charge in [-0.3, -0.25) is 24.4 Å². The van der Waals surface area contributed by atoms with E-state index < -0.39 is 0 Å². The first-order chi connectivity index (χ1) is 31.1. The van der Waals surface area contributed by atoms with E-state index in [1.807, 2.05) is 76.4 Å². The standard InChI is InChI=1S/C26H37ClN4OS.C16H15N3O2S2.C4H10O.C2H6.CH5N/c1-7-22-21(14-23(32)29-13-12-15(2)3)30-25(19-8-10-20(27)11-9-19)24-16(4)17(5)33-26(24)31(22)18(6)28;20-9-10-5-11-7-12(8-19-15(11)13(22)6-10)16(21)18-2-1-14-17-3-4-23-14;1-4(2)3-5;2*1-2/h8-11,15,18,21-22H,7,12-14,28H2,1-6H3,(H,29,32);3-9,11,15,22H,1-2H2,(H,18,21);4-5H,3H2,1-2H3;1-2H3;2H2,1H3/t18?,21-,22?;;;;/m0..../s1. The van der Waals surface area contributed by atoms with E-state index in [9.17, 15) is 14.4 Å². The third-order valence-electron chi connectivity index (χ3n) is 10.3. The Kier molecular flexibility index (Phi) is 26.1. The molecule has 2 aromatic heterocycles. The van der Waals surface area contributed by atoms with Crippen LogP contribution in [0.25, 0.3) is 0 Å². The zero-order chi connectivity index (χ0) is 48.8. The van der Waals surface area contributed by atoms with Crippen molar-refractivity contribution in [2.24, 2.45) is 39.2 Å². The number of carbonyl (C=O) groups is 3. The van der Waals surface area contributed by atoms with Crippen molar-refractivity contribution in [3.05, 3.63) is 102 Å². The molecule has 3 aliphatic rings. The Morgan fingerprint density at radius 2 is 1.69 bits per heavy atom. The van der Waals surface area contributed by atoms with E-state index in [4.69, 9.17) is 27.4 Å². The number of aliphatic hydroxyl groups is 1. The van der Waals surface area contributed by atoms with Gasteiger partial charge in [-0.1, -0.05) is 84.4 Å². The third-order valence-corrected chi connectivity index (χ3v) is 13.0. The number of nitrogens with two attached hydrogens (primary N) is 2. The van der Waals surface area contributed by atoms with Crippen molar-refractivity contribution < 1.29 is 19.5 Å². The van der Waals surface area contributed by atoms with Crippen LogP contribution in [-0.2, 0) is 20.8 Å². The van der Waals surface area contributed by atoms with Crippen LogP contribution in [0, 0.1) is 31.6 Å². The highest BCUT2D eigenvalue weighted by Gasteiger charge is 2.37. The number of carbonyl (C=O) groups excluding carboxylic acids is 3. The van der Waals surface area contributed by atoms with Crippen LogP contribution < -0.4 is 27.0 Å². The lowest BCUT2D eigenvalue weighted by Gasteiger charge is -2.37. The molecule has 1 aliphatic carbocycles. The van der Waals surface area contributed by atoms with E-state index in [2.05, 4.69) is 78.5 Å². The molecule has 0 bridgehead atoms. The van der Waals surface area contributed by atoms with Gasteiger partial charge in [-0.2, -0.15) is 0 Å². The number of aliphatic imine (C=N–C) groups is 2. The second kappa shape index (κ2) is 29.6. The molecule has 16 heteroatoms. The molecule has 7 N–H and O–H groups in total. The lowest BCUT2D eigenvalue weighted by molar-refractivity contribution is -0.121. The Labute approximate surface area is 406 Å². The fourth-order valence-electron chi connectivity index (χ4n) is 6.96. The maximum atomic E-state index is 12.9. The normalized spacial score (nSPS) is 18.6. The number of thiazole rings is 1. The minimum atomic E-state index is -0.204. The monoisotopic (exact) mass is 968 g/mol. The Morgan fingerprint density at radius 3 is 2.25 bits per heavy atom. The highest BCUT2D eigenvalue weighted by Crippen LogP contribution is 2.42. The number of aryl methyl sites for hydroxylation is 1. The Morgan fingerprint density at radius 1 is 1.03 bits per heavy atom. The summed E-state index contributed by atoms with van der Waals surface area (Å²) in [5.74, 6) is 0.755. The molecule has 65 heavy (non-hydrogen) atoms. The number of hydrogen-bond acceptors (Lipinski definition) is 13. The number of halogens is 1. The van der Waals surface area contributed by atoms with Gasteiger partial charge in [-0.25, -0.2) is 4.98 Å². The number of fused-ring (bicyclic) bond motifs is 2. The summed E-state index contributed by atoms with van der Waals surface area (Å²) in [6.45, 7) is 22.3. The van der Waals surface area contributed by atoms with Gasteiger partial charge in [-0.15, -0.1) is 35.3 Å². The first kappa shape index (κ1) is 57.2. The number of thiol groups is 1. The summed E-state index contributed by atoms with van der Waals surface area (Å²) in [6, 6.07) is 7.50. The molecular formula is C49H73ClN8O4S3. The van der Waals surface area contributed by atoms with Crippen LogP contribution in [0.2, 0.25) is 5.02 Å². The highest BCUT2D eigenvalue weighted by atomic mass is 35.5. The van der Waals surface area contributed by atoms with Gasteiger partial charge >= 0.3 is 0 Å². The number of hydrogen-bond donors (Lipinski definition) is 6. The molecule has 358 valence electrons. The number of amides is 2. The summed E-state index contributed by atoms with van der Waals surface area (Å²) < 4.78 is 0. The van der Waals surface area contributed by atoms with Gasteiger partial charge in [-0.05, 0) is 76.3 Å². The fourth-order valence-corrected chi connectivity index (χ4v) is 9.40. The summed E-state index contributed by atoms with van der Waals surface area (Å²) in [5.41, 5.74) is 16.4. The lowest BCUT2D eigenvalue weighted by Crippen LogP contribution is -2.51. The fraction of sp³-hybridized carbons (Fsp3) is 0.510. The predicted octanol–water partition coefficient (Wildman–Crippen LogP) is 8.67. The van der Waals surface area contributed by atoms with Gasteiger partial charge in [0.1, 0.15) is 11.3 Å². The summed E-state index contributed by atoms with van der Waals surface area (Å²) >= 11 is 13.9. The molecule has 2 amide bonds. The largest absolute Gasteiger partial charge is 0.396 e. The number of aldehydes is 1. The van der Waals surface area contributed by atoms with Gasteiger partial charge in [0, 0.05) is 81.3 Å². The maximum absolute atomic E-state index is 12.9. The number of benzene rings is 1. The highest BCUT2D eigenvalue weighted by molar-refractivity contribution is 7.84. The van der Waals surface area contributed by atoms with Crippen molar-refractivity contribution in [1.82, 2.24) is 15.6 Å². The van der Waals surface area contributed by atoms with E-state index >= 15 is 0 Å². The first-order valence-corrected chi connectivity index (χ1v) is 25.0. The van der Waals surface area contributed by atoms with E-state index in [1.165, 1.54) is 17.5 Å². The number of anilines is 1. The Bertz CT molecular complexity index is 2090. The van der Waals surface area contributed by atoms with Crippen LogP contribution in [0.1, 0.15) is 101 Å². The SMILES string of the molecule is CC.CC(C)CO.CCC1[C@H](CC(=O)NCCC(C)C)N=C(c2ccc(Cl)cc2)c2c(sc(C)c2C)N1C(C)N.CN.O=CC1=CC2C=C(C(=O)NCCc3nccs3)C=NC2C(S)=C1. The summed E-state index contributed by atoms with van der Waals surface area (Å²) in [6.07, 6.45) is 12.1. The van der Waals surface area contributed by atoms with Crippen molar-refractivity contribution >= 4 is 81.9 Å². The zero-order valence-electron chi connectivity index (χ0n) is 40.1. The van der Waals surface area contributed by atoms with Gasteiger partial charge in [0.05, 0.1) is 47.0 Å². The number of aliphatic hydroxyl groups excluding tert-OH is 1. The van der Waals surface area contributed by atoms with Crippen LogP contribution in [0.15, 0.2) is 80.1 Å². The van der Waals surface area contributed by atoms with Crippen molar-refractivity contribution in [3.63, 3.8) is 0 Å². The molecule has 0 saturated carbocycles. The summed E-state index contributed by atoms with van der Waals surface area (Å²) in [7, 11) is 1.50. The van der Waals surface area contributed by atoms with E-state index in [0.29, 0.717) is 60.5 Å². The van der Waals surface area contributed by atoms with Crippen molar-refractivity contribution in [2.45, 2.75) is 119 Å². The quantitative estimate of drug-likeness (QED) is 0.0684. The molecule has 3 aromatic rings. The van der Waals surface area contributed by atoms with Crippen LogP contribution >= 0.6 is 46.9 Å². The second-order valence-corrected chi connectivity index (χ2v) is 19.3. The Balaban J connectivity index is 0.000000393. The number of nitrogens with zero attached hydrogens (tertiary/aromatic N) is 4. The number of aromatic nitrogens is 1. The molecule has 2 aliphatic heterocycles. The van der Waals surface area contributed by atoms with Crippen LogP contribution in [-0.4, -0.2) is 91.2 Å². The number of allylic oxidation sites excluding steroid dienone is 2. The maximum Gasteiger partial charge on any atom is 0.252 e. The lowest BCUT2D eigenvalue weighted by atomic mass is 9.88. The number of dihydropyridines is 1. The topological polar surface area (TPSA) is 188 Å².